The molecule has 3 aliphatic heterocycles. The number of sulfonamides is 1. The van der Waals surface area contributed by atoms with Crippen LogP contribution in [0.1, 0.15) is 13.8 Å². The summed E-state index contributed by atoms with van der Waals surface area (Å²) >= 11 is 6.25. The van der Waals surface area contributed by atoms with E-state index in [1.165, 1.54) is 23.2 Å². The fourth-order valence-electron chi connectivity index (χ4n) is 3.27. The molecule has 0 aliphatic carbocycles. The standard InChI is InChI=1S/C17H15ClF2N2O6S/c1-16(2)15(23)13-14(28-16)9(21-29(3,24)25)4-5-22(13)10-7-12-11(6-8(10)18)26-17(19,20)27-12/h4-7,13,21H,1-3H3. The highest BCUT2D eigenvalue weighted by Crippen LogP contribution is 2.48. The minimum Gasteiger partial charge on any atom is -0.479 e. The molecule has 12 heteroatoms. The van der Waals surface area contributed by atoms with Gasteiger partial charge in [0.1, 0.15) is 0 Å². The molecule has 8 nitrogen and oxygen atoms in total. The minimum absolute atomic E-state index is 0.0195. The number of carbonyl (C=O) groups is 1. The third-order valence-corrected chi connectivity index (χ3v) is 5.34. The number of ketones is 1. The molecule has 29 heavy (non-hydrogen) atoms. The van der Waals surface area contributed by atoms with E-state index in [2.05, 4.69) is 14.2 Å². The van der Waals surface area contributed by atoms with Gasteiger partial charge in [-0.15, -0.1) is 8.78 Å². The fraction of sp³-hybridized carbons (Fsp3) is 0.353. The van der Waals surface area contributed by atoms with E-state index in [0.29, 0.717) is 0 Å². The quantitative estimate of drug-likeness (QED) is 0.759. The van der Waals surface area contributed by atoms with E-state index in [4.69, 9.17) is 16.3 Å². The van der Waals surface area contributed by atoms with Gasteiger partial charge in [-0.05, 0) is 19.9 Å². The van der Waals surface area contributed by atoms with Gasteiger partial charge in [0.15, 0.2) is 28.9 Å². The highest BCUT2D eigenvalue weighted by atomic mass is 35.5. The Balaban J connectivity index is 1.80. The van der Waals surface area contributed by atoms with Gasteiger partial charge >= 0.3 is 6.29 Å². The van der Waals surface area contributed by atoms with Crippen molar-refractivity contribution in [3.05, 3.63) is 40.9 Å². The maximum absolute atomic E-state index is 13.4. The van der Waals surface area contributed by atoms with Crippen LogP contribution in [0.25, 0.3) is 0 Å². The van der Waals surface area contributed by atoms with E-state index < -0.39 is 28.0 Å². The zero-order valence-corrected chi connectivity index (χ0v) is 16.9. The predicted molar refractivity (Wildman–Crippen MR) is 98.2 cm³/mol. The van der Waals surface area contributed by atoms with E-state index in [9.17, 15) is 22.0 Å². The molecule has 4 rings (SSSR count). The summed E-state index contributed by atoms with van der Waals surface area (Å²) in [6.07, 6.45) is -0.0660. The first kappa shape index (κ1) is 19.8. The first-order valence-electron chi connectivity index (χ1n) is 8.29. The van der Waals surface area contributed by atoms with Gasteiger partial charge in [0.2, 0.25) is 15.8 Å². The lowest BCUT2D eigenvalue weighted by molar-refractivity contribution is -0.286. The molecule has 1 aromatic rings. The second kappa shape index (κ2) is 5.99. The van der Waals surface area contributed by atoms with Gasteiger partial charge in [0.05, 0.1) is 22.7 Å². The molecule has 1 unspecified atom stereocenters. The number of alkyl halides is 2. The van der Waals surface area contributed by atoms with Crippen LogP contribution in [0.5, 0.6) is 11.5 Å². The van der Waals surface area contributed by atoms with Crippen LogP contribution in [-0.4, -0.2) is 38.4 Å². The number of anilines is 1. The molecule has 0 spiro atoms. The lowest BCUT2D eigenvalue weighted by Crippen LogP contribution is -2.43. The monoisotopic (exact) mass is 448 g/mol. The number of hydrogen-bond acceptors (Lipinski definition) is 7. The number of rotatable bonds is 3. The highest BCUT2D eigenvalue weighted by molar-refractivity contribution is 7.88. The number of halogens is 3. The summed E-state index contributed by atoms with van der Waals surface area (Å²) in [5, 5.41) is 0.0195. The molecule has 0 radical (unpaired) electrons. The van der Waals surface area contributed by atoms with Gasteiger partial charge in [-0.25, -0.2) is 8.42 Å². The summed E-state index contributed by atoms with van der Waals surface area (Å²) < 4.78 is 67.0. The molecule has 3 heterocycles. The topological polar surface area (TPSA) is 94.2 Å². The van der Waals surface area contributed by atoms with Crippen molar-refractivity contribution in [2.75, 3.05) is 11.2 Å². The number of nitrogens with zero attached hydrogens (tertiary/aromatic N) is 1. The Labute approximate surface area is 169 Å². The van der Waals surface area contributed by atoms with Crippen LogP contribution < -0.4 is 19.1 Å². The Bertz CT molecular complexity index is 1100. The predicted octanol–water partition coefficient (Wildman–Crippen LogP) is 2.50. The van der Waals surface area contributed by atoms with E-state index >= 15 is 0 Å². The van der Waals surface area contributed by atoms with Crippen LogP contribution in [-0.2, 0) is 19.6 Å². The lowest BCUT2D eigenvalue weighted by atomic mass is 9.97. The average Bonchev–Trinajstić information content (AvgIpc) is 2.98. The van der Waals surface area contributed by atoms with Crippen LogP contribution in [0.2, 0.25) is 5.02 Å². The van der Waals surface area contributed by atoms with Crippen molar-refractivity contribution in [3.8, 4) is 11.5 Å². The molecule has 156 valence electrons. The Kier molecular flexibility index (Phi) is 4.08. The van der Waals surface area contributed by atoms with Crippen molar-refractivity contribution < 1.29 is 36.2 Å². The SMILES string of the molecule is CC1(C)OC2=C(NS(C)(=O)=O)C=CN(c3cc4c(cc3Cl)OC(F)(F)O4)C2C1=O. The first-order chi connectivity index (χ1) is 13.3. The van der Waals surface area contributed by atoms with E-state index in [-0.39, 0.29) is 39.4 Å². The molecule has 1 saturated heterocycles. The molecule has 3 aliphatic rings. The van der Waals surface area contributed by atoms with Crippen molar-refractivity contribution >= 4 is 33.1 Å². The molecule has 0 bridgehead atoms. The molecule has 1 atom stereocenters. The highest BCUT2D eigenvalue weighted by Gasteiger charge is 2.52. The number of ether oxygens (including phenoxy) is 3. The Hall–Kier alpha value is -2.53. The van der Waals surface area contributed by atoms with Crippen LogP contribution >= 0.6 is 11.6 Å². The average molecular weight is 449 g/mol. The lowest BCUT2D eigenvalue weighted by Gasteiger charge is -2.30. The molecule has 1 N–H and O–H groups in total. The summed E-state index contributed by atoms with van der Waals surface area (Å²) in [5.74, 6) is -0.788. The second-order valence-electron chi connectivity index (χ2n) is 7.17. The first-order valence-corrected chi connectivity index (χ1v) is 10.6. The van der Waals surface area contributed by atoms with Crippen molar-refractivity contribution in [1.82, 2.24) is 4.72 Å². The fourth-order valence-corrected chi connectivity index (χ4v) is 4.09. The number of fused-ring (bicyclic) bond motifs is 2. The normalized spacial score (nSPS) is 23.9. The summed E-state index contributed by atoms with van der Waals surface area (Å²) in [6.45, 7) is 3.08. The maximum atomic E-state index is 13.4. The summed E-state index contributed by atoms with van der Waals surface area (Å²) in [7, 11) is -3.64. The molecule has 1 fully saturated rings. The van der Waals surface area contributed by atoms with Crippen LogP contribution in [0.15, 0.2) is 35.9 Å². The van der Waals surface area contributed by atoms with Crippen molar-refractivity contribution in [1.29, 1.82) is 0 Å². The Morgan fingerprint density at radius 1 is 1.17 bits per heavy atom. The van der Waals surface area contributed by atoms with Gasteiger partial charge in [0.25, 0.3) is 0 Å². The van der Waals surface area contributed by atoms with Crippen molar-refractivity contribution in [2.45, 2.75) is 31.8 Å². The number of Topliss-reactive ketones (excluding diaryl/α,β-unsaturated/α-hetero) is 1. The maximum Gasteiger partial charge on any atom is 0.586 e. The zero-order chi connectivity index (χ0) is 21.4. The van der Waals surface area contributed by atoms with Crippen LogP contribution in [0.3, 0.4) is 0 Å². The third kappa shape index (κ3) is 3.38. The largest absolute Gasteiger partial charge is 0.586 e. The summed E-state index contributed by atoms with van der Waals surface area (Å²) in [4.78, 5) is 14.4. The van der Waals surface area contributed by atoms with E-state index in [1.54, 1.807) is 13.8 Å². The number of hydrogen-bond donors (Lipinski definition) is 1. The smallest absolute Gasteiger partial charge is 0.479 e. The van der Waals surface area contributed by atoms with Crippen LogP contribution in [0, 0.1) is 0 Å². The van der Waals surface area contributed by atoms with Gasteiger partial charge < -0.3 is 19.1 Å². The van der Waals surface area contributed by atoms with Crippen molar-refractivity contribution in [3.63, 3.8) is 0 Å². The molecule has 1 aromatic carbocycles. The third-order valence-electron chi connectivity index (χ3n) is 4.44. The van der Waals surface area contributed by atoms with Crippen molar-refractivity contribution in [2.24, 2.45) is 0 Å². The van der Waals surface area contributed by atoms with Gasteiger partial charge in [-0.2, -0.15) is 0 Å². The number of benzene rings is 1. The molecular weight excluding hydrogens is 434 g/mol. The van der Waals surface area contributed by atoms with E-state index in [1.807, 2.05) is 0 Å². The second-order valence-corrected chi connectivity index (χ2v) is 9.33. The van der Waals surface area contributed by atoms with Gasteiger partial charge in [-0.1, -0.05) is 11.6 Å². The summed E-state index contributed by atoms with van der Waals surface area (Å²) in [6, 6.07) is 1.31. The number of allylic oxidation sites excluding steroid dienone is 1. The van der Waals surface area contributed by atoms with E-state index in [0.717, 1.165) is 12.3 Å². The zero-order valence-electron chi connectivity index (χ0n) is 15.3. The Morgan fingerprint density at radius 3 is 2.41 bits per heavy atom. The van der Waals surface area contributed by atoms with Crippen LogP contribution in [0.4, 0.5) is 14.5 Å². The Morgan fingerprint density at radius 2 is 1.79 bits per heavy atom. The van der Waals surface area contributed by atoms with Gasteiger partial charge in [0, 0.05) is 18.3 Å². The summed E-state index contributed by atoms with van der Waals surface area (Å²) in [5.41, 5.74) is -0.973. The number of carbonyl (C=O) groups excluding carboxylic acids is 1. The number of nitrogens with one attached hydrogen (secondary N) is 1. The molecular formula is C17H15ClF2N2O6S. The molecule has 0 saturated carbocycles. The minimum atomic E-state index is -3.83. The molecule has 0 amide bonds. The van der Waals surface area contributed by atoms with Gasteiger partial charge in [-0.3, -0.25) is 9.52 Å². The molecule has 0 aromatic heterocycles.